The molecule has 0 bridgehead atoms. The van der Waals surface area contributed by atoms with Gasteiger partial charge in [-0.05, 0) is 6.42 Å². The van der Waals surface area contributed by atoms with Crippen molar-refractivity contribution in [3.05, 3.63) is 0 Å². The lowest BCUT2D eigenvalue weighted by Crippen LogP contribution is -2.04. The number of nitrogens with one attached hydrogen (secondary N) is 1. The molecule has 1 aliphatic heterocycles. The van der Waals surface area contributed by atoms with Crippen LogP contribution in [0.5, 0.6) is 0 Å². The summed E-state index contributed by atoms with van der Waals surface area (Å²) in [6.45, 7) is 1.50. The molecule has 46 valence electrons. The van der Waals surface area contributed by atoms with Gasteiger partial charge in [-0.1, -0.05) is 0 Å². The molecule has 0 amide bonds. The zero-order valence-corrected chi connectivity index (χ0v) is 5.36. The minimum Gasteiger partial charge on any atom is -0.330 e. The summed E-state index contributed by atoms with van der Waals surface area (Å²) in [4.78, 5) is 0. The van der Waals surface area contributed by atoms with Gasteiger partial charge in [0.05, 0.1) is 19.2 Å². The Morgan fingerprint density at radius 2 is 2.00 bits per heavy atom. The highest BCUT2D eigenvalue weighted by Crippen LogP contribution is 2.37. The SMILES string of the molecule is N=CP1OCCCO1. The van der Waals surface area contributed by atoms with Gasteiger partial charge < -0.3 is 14.5 Å². The first-order chi connectivity index (χ1) is 3.93. The third-order valence-corrected chi connectivity index (χ3v) is 1.92. The first-order valence-electron chi connectivity index (χ1n) is 2.49. The third kappa shape index (κ3) is 1.51. The van der Waals surface area contributed by atoms with E-state index >= 15 is 0 Å². The van der Waals surface area contributed by atoms with Crippen LogP contribution in [-0.2, 0) is 9.05 Å². The summed E-state index contributed by atoms with van der Waals surface area (Å²) in [6, 6.07) is 0. The molecule has 4 heteroatoms. The van der Waals surface area contributed by atoms with Gasteiger partial charge in [0.1, 0.15) is 0 Å². The fourth-order valence-electron chi connectivity index (χ4n) is 0.480. The van der Waals surface area contributed by atoms with E-state index in [1.165, 1.54) is 5.96 Å². The van der Waals surface area contributed by atoms with Crippen LogP contribution in [0.25, 0.3) is 0 Å². The second-order valence-corrected chi connectivity index (χ2v) is 2.78. The molecule has 0 spiro atoms. The van der Waals surface area contributed by atoms with E-state index in [1.54, 1.807) is 0 Å². The van der Waals surface area contributed by atoms with E-state index < -0.39 is 8.38 Å². The second kappa shape index (κ2) is 3.13. The Balaban J connectivity index is 2.22. The molecule has 8 heavy (non-hydrogen) atoms. The molecule has 0 unspecified atom stereocenters. The predicted octanol–water partition coefficient (Wildman–Crippen LogP) is 1.34. The zero-order valence-electron chi connectivity index (χ0n) is 4.46. The van der Waals surface area contributed by atoms with E-state index in [1.807, 2.05) is 0 Å². The van der Waals surface area contributed by atoms with Gasteiger partial charge in [0.25, 0.3) is 0 Å². The minimum atomic E-state index is -0.928. The van der Waals surface area contributed by atoms with E-state index in [9.17, 15) is 0 Å². The monoisotopic (exact) mass is 133 g/mol. The first-order valence-corrected chi connectivity index (χ1v) is 3.74. The van der Waals surface area contributed by atoms with Gasteiger partial charge in [-0.3, -0.25) is 0 Å². The molecule has 0 radical (unpaired) electrons. The summed E-state index contributed by atoms with van der Waals surface area (Å²) < 4.78 is 10.1. The maximum atomic E-state index is 6.75. The van der Waals surface area contributed by atoms with E-state index in [4.69, 9.17) is 14.5 Å². The molecular formula is C4H8NO2P. The van der Waals surface area contributed by atoms with Crippen molar-refractivity contribution in [2.75, 3.05) is 13.2 Å². The van der Waals surface area contributed by atoms with Crippen molar-refractivity contribution in [2.45, 2.75) is 6.42 Å². The van der Waals surface area contributed by atoms with E-state index in [0.29, 0.717) is 0 Å². The van der Waals surface area contributed by atoms with E-state index in [-0.39, 0.29) is 0 Å². The largest absolute Gasteiger partial charge is 0.330 e. The fraction of sp³-hybridized carbons (Fsp3) is 0.750. The van der Waals surface area contributed by atoms with Crippen molar-refractivity contribution < 1.29 is 9.05 Å². The molecule has 0 aromatic heterocycles. The summed E-state index contributed by atoms with van der Waals surface area (Å²) in [7, 11) is -0.928. The molecule has 0 saturated carbocycles. The lowest BCUT2D eigenvalue weighted by molar-refractivity contribution is 0.190. The van der Waals surface area contributed by atoms with E-state index in [0.717, 1.165) is 19.6 Å². The smallest absolute Gasteiger partial charge is 0.216 e. The Labute approximate surface area is 49.4 Å². The average molecular weight is 133 g/mol. The Morgan fingerprint density at radius 1 is 1.38 bits per heavy atom. The van der Waals surface area contributed by atoms with Crippen LogP contribution in [0.15, 0.2) is 0 Å². The highest BCUT2D eigenvalue weighted by Gasteiger charge is 2.10. The van der Waals surface area contributed by atoms with Crippen LogP contribution in [0.2, 0.25) is 0 Å². The second-order valence-electron chi connectivity index (χ2n) is 1.43. The molecule has 1 saturated heterocycles. The third-order valence-electron chi connectivity index (χ3n) is 0.831. The highest BCUT2D eigenvalue weighted by molar-refractivity contribution is 7.63. The fourth-order valence-corrected chi connectivity index (χ4v) is 1.32. The van der Waals surface area contributed by atoms with Gasteiger partial charge in [0.15, 0.2) is 0 Å². The van der Waals surface area contributed by atoms with Crippen LogP contribution >= 0.6 is 8.38 Å². The van der Waals surface area contributed by atoms with Crippen LogP contribution in [0.3, 0.4) is 0 Å². The van der Waals surface area contributed by atoms with Gasteiger partial charge in [-0.25, -0.2) is 0 Å². The zero-order chi connectivity index (χ0) is 5.82. The van der Waals surface area contributed by atoms with Crippen LogP contribution in [-0.4, -0.2) is 19.2 Å². The maximum absolute atomic E-state index is 6.75. The van der Waals surface area contributed by atoms with Crippen molar-refractivity contribution in [1.29, 1.82) is 5.41 Å². The van der Waals surface area contributed by atoms with Gasteiger partial charge in [0.2, 0.25) is 8.38 Å². The summed E-state index contributed by atoms with van der Waals surface area (Å²) in [6.07, 6.45) is 0.965. The van der Waals surface area contributed by atoms with Crippen molar-refractivity contribution in [3.63, 3.8) is 0 Å². The van der Waals surface area contributed by atoms with Crippen molar-refractivity contribution in [3.8, 4) is 0 Å². The average Bonchev–Trinajstić information content (AvgIpc) is 1.90. The van der Waals surface area contributed by atoms with Gasteiger partial charge in [0, 0.05) is 0 Å². The molecular weight excluding hydrogens is 125 g/mol. The quantitative estimate of drug-likeness (QED) is 0.433. The van der Waals surface area contributed by atoms with Crippen molar-refractivity contribution >= 4 is 14.3 Å². The van der Waals surface area contributed by atoms with Crippen LogP contribution < -0.4 is 0 Å². The van der Waals surface area contributed by atoms with Crippen LogP contribution in [0, 0.1) is 5.41 Å². The Kier molecular flexibility index (Phi) is 2.40. The minimum absolute atomic E-state index is 0.751. The summed E-state index contributed by atoms with van der Waals surface area (Å²) in [5.74, 6) is 1.23. The predicted molar refractivity (Wildman–Crippen MR) is 32.2 cm³/mol. The molecule has 3 nitrogen and oxygen atoms in total. The maximum Gasteiger partial charge on any atom is 0.216 e. The summed E-state index contributed by atoms with van der Waals surface area (Å²) in [5, 5.41) is 6.75. The number of hydrogen-bond donors (Lipinski definition) is 1. The van der Waals surface area contributed by atoms with Crippen LogP contribution in [0.1, 0.15) is 6.42 Å². The Hall–Kier alpha value is 0.0200. The topological polar surface area (TPSA) is 42.3 Å². The van der Waals surface area contributed by atoms with Gasteiger partial charge >= 0.3 is 0 Å². The number of hydrogen-bond acceptors (Lipinski definition) is 3. The molecule has 0 aliphatic carbocycles. The molecule has 1 aliphatic rings. The molecule has 1 heterocycles. The Bertz CT molecular complexity index is 82.1. The number of rotatable bonds is 1. The lowest BCUT2D eigenvalue weighted by atomic mass is 10.5. The highest BCUT2D eigenvalue weighted by atomic mass is 31.2. The van der Waals surface area contributed by atoms with E-state index in [2.05, 4.69) is 0 Å². The molecule has 1 fully saturated rings. The van der Waals surface area contributed by atoms with Gasteiger partial charge in [-0.15, -0.1) is 0 Å². The molecule has 0 aromatic carbocycles. The standard InChI is InChI=1S/C4H8NO2P/c5-4-8-6-2-1-3-7-8/h4-5H,1-3H2. The molecule has 0 aromatic rings. The normalized spacial score (nSPS) is 23.0. The van der Waals surface area contributed by atoms with Gasteiger partial charge in [-0.2, -0.15) is 0 Å². The van der Waals surface area contributed by atoms with Crippen molar-refractivity contribution in [2.24, 2.45) is 0 Å². The lowest BCUT2D eigenvalue weighted by Gasteiger charge is -2.17. The molecule has 0 atom stereocenters. The summed E-state index contributed by atoms with van der Waals surface area (Å²) in [5.41, 5.74) is 0. The Morgan fingerprint density at radius 3 is 2.38 bits per heavy atom. The molecule has 1 N–H and O–H groups in total. The van der Waals surface area contributed by atoms with Crippen molar-refractivity contribution in [1.82, 2.24) is 0 Å². The first kappa shape index (κ1) is 6.14. The molecule has 1 rings (SSSR count). The van der Waals surface area contributed by atoms with Crippen LogP contribution in [0.4, 0.5) is 0 Å². The summed E-state index contributed by atoms with van der Waals surface area (Å²) >= 11 is 0.